The van der Waals surface area contributed by atoms with Crippen molar-refractivity contribution in [3.8, 4) is 11.4 Å². The van der Waals surface area contributed by atoms with E-state index >= 15 is 0 Å². The van der Waals surface area contributed by atoms with Gasteiger partial charge in [0.2, 0.25) is 0 Å². The van der Waals surface area contributed by atoms with E-state index in [0.717, 1.165) is 99.5 Å². The first-order valence-corrected chi connectivity index (χ1v) is 23.5. The van der Waals surface area contributed by atoms with Gasteiger partial charge in [-0.05, 0) is 81.5 Å². The summed E-state index contributed by atoms with van der Waals surface area (Å²) in [7, 11) is 0. The molecule has 1 aliphatic heterocycles. The molecule has 11 aromatic carbocycles. The highest BCUT2D eigenvalue weighted by atomic mass is 16.3. The molecule has 1 atom stereocenters. The molecule has 0 spiro atoms. The topological polar surface area (TPSA) is 59.8 Å². The van der Waals surface area contributed by atoms with Gasteiger partial charge in [0.15, 0.2) is 11.4 Å². The average molecular weight is 882 g/mol. The lowest BCUT2D eigenvalue weighted by Crippen LogP contribution is -2.34. The van der Waals surface area contributed by atoms with E-state index in [1.54, 1.807) is 0 Å². The van der Waals surface area contributed by atoms with Crippen LogP contribution in [0.5, 0.6) is 0 Å². The van der Waals surface area contributed by atoms with E-state index in [1.165, 1.54) is 32.3 Å². The maximum atomic E-state index is 7.20. The Hall–Kier alpha value is -9.26. The van der Waals surface area contributed by atoms with Crippen LogP contribution < -0.4 is 5.32 Å². The number of benzene rings is 11. The van der Waals surface area contributed by atoms with Gasteiger partial charge in [-0.1, -0.05) is 170 Å². The molecule has 15 rings (SSSR count). The third kappa shape index (κ3) is 5.66. The van der Waals surface area contributed by atoms with Gasteiger partial charge in [0.05, 0.1) is 27.8 Å². The van der Waals surface area contributed by atoms with E-state index < -0.39 is 6.17 Å². The molecule has 0 fully saturated rings. The number of amidine groups is 2. The fourth-order valence-corrected chi connectivity index (χ4v) is 11.2. The molecule has 0 aliphatic carbocycles. The first-order chi connectivity index (χ1) is 34.2. The maximum Gasteiger partial charge on any atom is 0.159 e. The minimum atomic E-state index is -0.509. The highest BCUT2D eigenvalue weighted by Gasteiger charge is 2.28. The first kappa shape index (κ1) is 37.9. The van der Waals surface area contributed by atoms with Crippen molar-refractivity contribution in [1.82, 2.24) is 14.5 Å². The summed E-state index contributed by atoms with van der Waals surface area (Å²) in [5.41, 5.74) is 11.1. The highest BCUT2D eigenvalue weighted by molar-refractivity contribution is 6.23. The van der Waals surface area contributed by atoms with Crippen LogP contribution in [-0.4, -0.2) is 20.8 Å². The number of nitrogens with one attached hydrogen (secondary N) is 1. The summed E-state index contributed by atoms with van der Waals surface area (Å²) in [5.74, 6) is 1.39. The van der Waals surface area contributed by atoms with Crippen LogP contribution in [0.4, 0.5) is 0 Å². The minimum absolute atomic E-state index is 0.509. The Morgan fingerprint density at radius 1 is 0.406 bits per heavy atom. The van der Waals surface area contributed by atoms with Gasteiger partial charge in [0, 0.05) is 60.1 Å². The second-order valence-electron chi connectivity index (χ2n) is 18.1. The van der Waals surface area contributed by atoms with Crippen molar-refractivity contribution < 1.29 is 4.42 Å². The molecule has 1 aliphatic rings. The van der Waals surface area contributed by atoms with Crippen LogP contribution in [0.25, 0.3) is 109 Å². The summed E-state index contributed by atoms with van der Waals surface area (Å²) in [6, 6.07) is 80.3. The predicted molar refractivity (Wildman–Crippen MR) is 287 cm³/mol. The van der Waals surface area contributed by atoms with Crippen molar-refractivity contribution in [2.24, 2.45) is 9.98 Å². The number of hydrogen-bond acceptors (Lipinski definition) is 4. The molecule has 4 heterocycles. The average Bonchev–Trinajstić information content (AvgIpc) is 4.08. The van der Waals surface area contributed by atoms with Crippen molar-refractivity contribution in [2.45, 2.75) is 6.17 Å². The quantitative estimate of drug-likeness (QED) is 0.187. The fourth-order valence-electron chi connectivity index (χ4n) is 11.2. The molecule has 322 valence electrons. The molecule has 69 heavy (non-hydrogen) atoms. The number of furan rings is 1. The van der Waals surface area contributed by atoms with Gasteiger partial charge in [0.1, 0.15) is 17.6 Å². The van der Waals surface area contributed by atoms with Crippen LogP contribution in [-0.2, 0) is 0 Å². The fraction of sp³-hybridized carbons (Fsp3) is 0.0159. The Balaban J connectivity index is 1.05. The van der Waals surface area contributed by atoms with Crippen LogP contribution >= 0.6 is 0 Å². The van der Waals surface area contributed by atoms with Gasteiger partial charge in [-0.2, -0.15) is 0 Å². The standard InChI is InChI=1S/C63H39N5O/c1-2-21-43(22-3-1)67-54-30-12-10-25-46(54)48-27-15-29-51(58(48)67)63-65-61(64-62(66-63)50-28-14-20-38-16-6-8-23-44(38)50)42-35-53-49-33-32-39-17-7-9-24-45(39)59(49)69-60(53)57(37-42)68-55-31-13-11-26-47(55)52-34-40-18-4-5-19-41(40)36-56(52)68/h1-37,63H,(H,64,65,66). The third-order valence-corrected chi connectivity index (χ3v) is 14.3. The van der Waals surface area contributed by atoms with Crippen LogP contribution in [0.1, 0.15) is 22.9 Å². The Labute approximate surface area is 395 Å². The second kappa shape index (κ2) is 14.6. The smallest absolute Gasteiger partial charge is 0.159 e. The van der Waals surface area contributed by atoms with Crippen LogP contribution in [0.2, 0.25) is 0 Å². The van der Waals surface area contributed by atoms with E-state index in [1.807, 2.05) is 0 Å². The Kier molecular flexibility index (Phi) is 8.03. The molecule has 6 nitrogen and oxygen atoms in total. The first-order valence-electron chi connectivity index (χ1n) is 23.5. The largest absolute Gasteiger partial charge is 0.453 e. The summed E-state index contributed by atoms with van der Waals surface area (Å²) in [6.07, 6.45) is -0.509. The van der Waals surface area contributed by atoms with Crippen LogP contribution in [0, 0.1) is 0 Å². The summed E-state index contributed by atoms with van der Waals surface area (Å²) in [4.78, 5) is 11.3. The van der Waals surface area contributed by atoms with Gasteiger partial charge < -0.3 is 18.9 Å². The van der Waals surface area contributed by atoms with Gasteiger partial charge in [0.25, 0.3) is 0 Å². The van der Waals surface area contributed by atoms with E-state index in [2.05, 4.69) is 239 Å². The molecule has 0 saturated heterocycles. The predicted octanol–water partition coefficient (Wildman–Crippen LogP) is 15.7. The van der Waals surface area contributed by atoms with E-state index in [-0.39, 0.29) is 0 Å². The zero-order valence-corrected chi connectivity index (χ0v) is 37.1. The number of nitrogens with zero attached hydrogens (tertiary/aromatic N) is 4. The number of hydrogen-bond donors (Lipinski definition) is 1. The molecule has 0 saturated carbocycles. The Morgan fingerprint density at radius 2 is 1.03 bits per heavy atom. The van der Waals surface area contributed by atoms with Gasteiger partial charge in [-0.25, -0.2) is 9.98 Å². The van der Waals surface area contributed by atoms with Crippen LogP contribution in [0.3, 0.4) is 0 Å². The molecule has 0 radical (unpaired) electrons. The molecule has 0 amide bonds. The SMILES string of the molecule is c1ccc(-n2c3ccccc3c3cccc(C4N=C(c5cc(-n6c7ccccc7c7cc8ccccc8cc76)c6oc7c8ccccc8ccc7c6c5)N=C(c5cccc6ccccc56)N4)c32)cc1. The molecule has 1 unspecified atom stereocenters. The molecular formula is C63H39N5O. The zero-order valence-electron chi connectivity index (χ0n) is 37.1. The minimum Gasteiger partial charge on any atom is -0.453 e. The van der Waals surface area contributed by atoms with Crippen LogP contribution in [0.15, 0.2) is 239 Å². The van der Waals surface area contributed by atoms with Crippen molar-refractivity contribution >= 4 is 110 Å². The number of fused-ring (bicyclic) bond motifs is 13. The second-order valence-corrected chi connectivity index (χ2v) is 18.1. The summed E-state index contributed by atoms with van der Waals surface area (Å²) < 4.78 is 12.0. The normalized spacial score (nSPS) is 14.2. The zero-order chi connectivity index (χ0) is 45.2. The summed E-state index contributed by atoms with van der Waals surface area (Å²) >= 11 is 0. The van der Waals surface area contributed by atoms with Crippen molar-refractivity contribution in [3.63, 3.8) is 0 Å². The lowest BCUT2D eigenvalue weighted by molar-refractivity contribution is 0.670. The number of aromatic nitrogens is 2. The van der Waals surface area contributed by atoms with Gasteiger partial charge in [-0.15, -0.1) is 0 Å². The molecule has 3 aromatic heterocycles. The number of rotatable bonds is 5. The number of aliphatic imine (C=N–C) groups is 2. The van der Waals surface area contributed by atoms with Crippen molar-refractivity contribution in [3.05, 3.63) is 241 Å². The maximum absolute atomic E-state index is 7.20. The molecule has 14 aromatic rings. The molecule has 1 N–H and O–H groups in total. The van der Waals surface area contributed by atoms with E-state index in [0.29, 0.717) is 5.84 Å². The van der Waals surface area contributed by atoms with E-state index in [4.69, 9.17) is 14.4 Å². The summed E-state index contributed by atoms with van der Waals surface area (Å²) in [5, 5.41) is 17.5. The molecular weight excluding hydrogens is 843 g/mol. The Bertz CT molecular complexity index is 4530. The van der Waals surface area contributed by atoms with Gasteiger partial charge >= 0.3 is 0 Å². The lowest BCUT2D eigenvalue weighted by atomic mass is 10.0. The number of para-hydroxylation sites is 4. The molecule has 6 heteroatoms. The van der Waals surface area contributed by atoms with Gasteiger partial charge in [-0.3, -0.25) is 0 Å². The van der Waals surface area contributed by atoms with E-state index in [9.17, 15) is 0 Å². The third-order valence-electron chi connectivity index (χ3n) is 14.3. The summed E-state index contributed by atoms with van der Waals surface area (Å²) in [6.45, 7) is 0. The molecule has 0 bridgehead atoms. The van der Waals surface area contributed by atoms with Crippen molar-refractivity contribution in [2.75, 3.05) is 0 Å². The lowest BCUT2D eigenvalue weighted by Gasteiger charge is -2.25. The van der Waals surface area contributed by atoms with Crippen molar-refractivity contribution in [1.29, 1.82) is 0 Å². The highest BCUT2D eigenvalue weighted by Crippen LogP contribution is 2.43. The monoisotopic (exact) mass is 881 g/mol. The Morgan fingerprint density at radius 3 is 1.84 bits per heavy atom.